The number of nitrogens with zero attached hydrogens (tertiary/aromatic N) is 3. The summed E-state index contributed by atoms with van der Waals surface area (Å²) in [6, 6.07) is 22.1. The van der Waals surface area contributed by atoms with E-state index < -0.39 is 0 Å². The fraction of sp³-hybridized carbons (Fsp3) is 0.158. The Morgan fingerprint density at radius 1 is 1.00 bits per heavy atom. The quantitative estimate of drug-likeness (QED) is 0.709. The average Bonchev–Trinajstić information content (AvgIpc) is 3.00. The van der Waals surface area contributed by atoms with E-state index in [1.54, 1.807) is 0 Å². The summed E-state index contributed by atoms with van der Waals surface area (Å²) in [5, 5.41) is 13.7. The van der Waals surface area contributed by atoms with Crippen LogP contribution in [0.5, 0.6) is 0 Å². The summed E-state index contributed by atoms with van der Waals surface area (Å²) in [7, 11) is 0. The first-order chi connectivity index (χ1) is 10.8. The topological polar surface area (TPSA) is 41.6 Å². The molecule has 0 aliphatic carbocycles. The highest BCUT2D eigenvalue weighted by Gasteiger charge is 2.11. The first kappa shape index (κ1) is 14.1. The van der Waals surface area contributed by atoms with Crippen LogP contribution < -0.4 is 0 Å². The summed E-state index contributed by atoms with van der Waals surface area (Å²) < 4.78 is 2.05. The van der Waals surface area contributed by atoms with Crippen molar-refractivity contribution in [2.45, 2.75) is 19.9 Å². The first-order valence-electron chi connectivity index (χ1n) is 7.45. The smallest absolute Gasteiger partial charge is 0.0991 e. The van der Waals surface area contributed by atoms with E-state index in [1.807, 2.05) is 47.1 Å². The van der Waals surface area contributed by atoms with Gasteiger partial charge in [-0.05, 0) is 30.2 Å². The molecule has 0 atom stereocenters. The summed E-state index contributed by atoms with van der Waals surface area (Å²) in [5.41, 5.74) is 4.95. The molecule has 0 aliphatic rings. The fourth-order valence-electron chi connectivity index (χ4n) is 2.50. The van der Waals surface area contributed by atoms with Crippen LogP contribution in [0.4, 0.5) is 0 Å². The molecule has 0 aliphatic heterocycles. The van der Waals surface area contributed by atoms with Gasteiger partial charge in [-0.25, -0.2) is 0 Å². The highest BCUT2D eigenvalue weighted by atomic mass is 15.3. The Morgan fingerprint density at radius 3 is 2.36 bits per heavy atom. The molecule has 2 aromatic carbocycles. The monoisotopic (exact) mass is 287 g/mol. The van der Waals surface area contributed by atoms with Gasteiger partial charge in [0, 0.05) is 12.1 Å². The molecule has 3 nitrogen and oxygen atoms in total. The lowest BCUT2D eigenvalue weighted by atomic mass is 10.1. The zero-order valence-corrected chi connectivity index (χ0v) is 12.5. The maximum atomic E-state index is 8.92. The molecule has 108 valence electrons. The molecular formula is C19H17N3. The molecule has 0 N–H and O–H groups in total. The van der Waals surface area contributed by atoms with Crippen LogP contribution in [0, 0.1) is 11.3 Å². The van der Waals surface area contributed by atoms with Gasteiger partial charge in [-0.3, -0.25) is 4.68 Å². The molecule has 0 spiro atoms. The molecule has 1 aromatic heterocycles. The molecule has 22 heavy (non-hydrogen) atoms. The third kappa shape index (κ3) is 2.77. The zero-order valence-electron chi connectivity index (χ0n) is 12.5. The lowest BCUT2D eigenvalue weighted by Gasteiger charge is -2.05. The van der Waals surface area contributed by atoms with E-state index in [-0.39, 0.29) is 0 Å². The fourth-order valence-corrected chi connectivity index (χ4v) is 2.50. The van der Waals surface area contributed by atoms with Crippen molar-refractivity contribution < 1.29 is 0 Å². The van der Waals surface area contributed by atoms with Gasteiger partial charge in [0.2, 0.25) is 0 Å². The molecule has 0 saturated carbocycles. The predicted molar refractivity (Wildman–Crippen MR) is 88.1 cm³/mol. The second-order valence-corrected chi connectivity index (χ2v) is 5.19. The van der Waals surface area contributed by atoms with Crippen molar-refractivity contribution in [3.05, 3.63) is 66.2 Å². The Balaban J connectivity index is 2.05. The lowest BCUT2D eigenvalue weighted by molar-refractivity contribution is 0.611. The van der Waals surface area contributed by atoms with Crippen LogP contribution in [0.25, 0.3) is 22.5 Å². The number of aromatic nitrogens is 2. The highest BCUT2D eigenvalue weighted by Crippen LogP contribution is 2.26. The molecular weight excluding hydrogens is 270 g/mol. The van der Waals surface area contributed by atoms with Gasteiger partial charge in [0.15, 0.2) is 0 Å². The molecule has 3 aromatic rings. The van der Waals surface area contributed by atoms with Gasteiger partial charge < -0.3 is 0 Å². The van der Waals surface area contributed by atoms with Gasteiger partial charge >= 0.3 is 0 Å². The van der Waals surface area contributed by atoms with Crippen molar-refractivity contribution in [3.8, 4) is 28.6 Å². The Hall–Kier alpha value is -2.86. The van der Waals surface area contributed by atoms with Crippen LogP contribution in [-0.4, -0.2) is 9.78 Å². The van der Waals surface area contributed by atoms with Crippen molar-refractivity contribution in [2.24, 2.45) is 0 Å². The van der Waals surface area contributed by atoms with Crippen molar-refractivity contribution in [1.82, 2.24) is 9.78 Å². The molecule has 0 amide bonds. The van der Waals surface area contributed by atoms with E-state index in [2.05, 4.69) is 31.2 Å². The maximum absolute atomic E-state index is 8.92. The van der Waals surface area contributed by atoms with E-state index >= 15 is 0 Å². The van der Waals surface area contributed by atoms with Crippen molar-refractivity contribution in [3.63, 3.8) is 0 Å². The van der Waals surface area contributed by atoms with Crippen LogP contribution in [0.15, 0.2) is 60.7 Å². The van der Waals surface area contributed by atoms with Crippen LogP contribution in [0.1, 0.15) is 18.9 Å². The predicted octanol–water partition coefficient (Wildman–Crippen LogP) is 4.50. The lowest BCUT2D eigenvalue weighted by Crippen LogP contribution is -2.01. The van der Waals surface area contributed by atoms with E-state index in [1.165, 1.54) is 0 Å². The number of aryl methyl sites for hydroxylation is 1. The number of hydrogen-bond donors (Lipinski definition) is 0. The third-order valence-electron chi connectivity index (χ3n) is 3.59. The minimum absolute atomic E-state index is 0.675. The molecule has 3 heteroatoms. The van der Waals surface area contributed by atoms with Crippen LogP contribution in [-0.2, 0) is 6.54 Å². The normalized spacial score (nSPS) is 10.4. The molecule has 3 rings (SSSR count). The van der Waals surface area contributed by atoms with E-state index in [0.29, 0.717) is 5.56 Å². The second-order valence-electron chi connectivity index (χ2n) is 5.19. The summed E-state index contributed by atoms with van der Waals surface area (Å²) in [5.74, 6) is 0. The zero-order chi connectivity index (χ0) is 15.4. The second kappa shape index (κ2) is 6.28. The minimum atomic E-state index is 0.675. The van der Waals surface area contributed by atoms with Gasteiger partial charge in [-0.15, -0.1) is 0 Å². The summed E-state index contributed by atoms with van der Waals surface area (Å²) in [4.78, 5) is 0. The minimum Gasteiger partial charge on any atom is -0.264 e. The number of nitriles is 1. The molecule has 0 unspecified atom stereocenters. The van der Waals surface area contributed by atoms with Crippen molar-refractivity contribution >= 4 is 0 Å². The van der Waals surface area contributed by atoms with Crippen LogP contribution >= 0.6 is 0 Å². The van der Waals surface area contributed by atoms with E-state index in [9.17, 15) is 0 Å². The molecule has 0 saturated heterocycles. The van der Waals surface area contributed by atoms with Crippen LogP contribution in [0.3, 0.4) is 0 Å². The summed E-state index contributed by atoms with van der Waals surface area (Å²) in [6.45, 7) is 3.02. The molecule has 0 radical (unpaired) electrons. The number of benzene rings is 2. The summed E-state index contributed by atoms with van der Waals surface area (Å²) in [6.07, 6.45) is 1.03. The number of hydrogen-bond acceptors (Lipinski definition) is 2. The highest BCUT2D eigenvalue weighted by molar-refractivity contribution is 5.69. The van der Waals surface area contributed by atoms with Gasteiger partial charge in [0.1, 0.15) is 0 Å². The summed E-state index contributed by atoms with van der Waals surface area (Å²) >= 11 is 0. The molecule has 1 heterocycles. The molecule has 0 bridgehead atoms. The molecule has 0 fully saturated rings. The Bertz CT molecular complexity index is 793. The van der Waals surface area contributed by atoms with Gasteiger partial charge in [0.05, 0.1) is 23.0 Å². The Kier molecular flexibility index (Phi) is 4.02. The van der Waals surface area contributed by atoms with Crippen molar-refractivity contribution in [2.75, 3.05) is 0 Å². The van der Waals surface area contributed by atoms with Gasteiger partial charge in [0.25, 0.3) is 0 Å². The SMILES string of the molecule is CCCn1nc(-c2ccccc2)cc1-c1ccc(C#N)cc1. The van der Waals surface area contributed by atoms with Crippen LogP contribution in [0.2, 0.25) is 0 Å². The standard InChI is InChI=1S/C19H17N3/c1-2-12-22-19(17-10-8-15(14-20)9-11-17)13-18(21-22)16-6-4-3-5-7-16/h3-11,13H,2,12H2,1H3. The maximum Gasteiger partial charge on any atom is 0.0991 e. The van der Waals surface area contributed by atoms with E-state index in [4.69, 9.17) is 10.4 Å². The van der Waals surface area contributed by atoms with Gasteiger partial charge in [-0.1, -0.05) is 49.4 Å². The average molecular weight is 287 g/mol. The van der Waals surface area contributed by atoms with Crippen molar-refractivity contribution in [1.29, 1.82) is 5.26 Å². The first-order valence-corrected chi connectivity index (χ1v) is 7.45. The number of rotatable bonds is 4. The van der Waals surface area contributed by atoms with E-state index in [0.717, 1.165) is 35.5 Å². The third-order valence-corrected chi connectivity index (χ3v) is 3.59. The Morgan fingerprint density at radius 2 is 1.73 bits per heavy atom. The Labute approximate surface area is 130 Å². The largest absolute Gasteiger partial charge is 0.264 e. The van der Waals surface area contributed by atoms with Gasteiger partial charge in [-0.2, -0.15) is 10.4 Å².